The maximum atomic E-state index is 5.60. The molecule has 2 atom stereocenters. The normalized spacial score (nSPS) is 31.2. The number of hydrogen-bond acceptors (Lipinski definition) is 1. The molecule has 1 aliphatic rings. The van der Waals surface area contributed by atoms with Crippen LogP contribution in [0.4, 0.5) is 0 Å². The van der Waals surface area contributed by atoms with Crippen LogP contribution in [0, 0.1) is 5.92 Å². The maximum absolute atomic E-state index is 5.60. The van der Waals surface area contributed by atoms with E-state index in [0.717, 1.165) is 5.57 Å². The summed E-state index contributed by atoms with van der Waals surface area (Å²) in [5.41, 5.74) is 6.62. The van der Waals surface area contributed by atoms with Crippen molar-refractivity contribution in [1.82, 2.24) is 0 Å². The fourth-order valence-corrected chi connectivity index (χ4v) is 0.857. The standard InChI is InChI=1S/C8H11N/c1-3-6(2)7-4-5-8(7)9/h3-5,7-8H,1-2,9H2. The smallest absolute Gasteiger partial charge is 0.0328 e. The lowest BCUT2D eigenvalue weighted by atomic mass is 9.84. The molecule has 1 rings (SSSR count). The third-order valence-electron chi connectivity index (χ3n) is 1.65. The third-order valence-corrected chi connectivity index (χ3v) is 1.65. The van der Waals surface area contributed by atoms with E-state index in [4.69, 9.17) is 5.73 Å². The summed E-state index contributed by atoms with van der Waals surface area (Å²) in [5.74, 6) is 0.350. The van der Waals surface area contributed by atoms with Crippen LogP contribution in [0.1, 0.15) is 0 Å². The van der Waals surface area contributed by atoms with Crippen molar-refractivity contribution in [3.63, 3.8) is 0 Å². The average Bonchev–Trinajstić information content (AvgIpc) is 1.84. The van der Waals surface area contributed by atoms with Crippen LogP contribution in [0.5, 0.6) is 0 Å². The Morgan fingerprint density at radius 2 is 2.22 bits per heavy atom. The molecule has 0 aromatic carbocycles. The Balaban J connectivity index is 2.56. The van der Waals surface area contributed by atoms with Gasteiger partial charge in [-0.1, -0.05) is 31.4 Å². The average molecular weight is 121 g/mol. The molecule has 0 saturated heterocycles. The van der Waals surface area contributed by atoms with Crippen molar-refractivity contribution in [2.75, 3.05) is 0 Å². The van der Waals surface area contributed by atoms with Gasteiger partial charge in [0.1, 0.15) is 0 Å². The van der Waals surface area contributed by atoms with Crippen molar-refractivity contribution in [2.24, 2.45) is 11.7 Å². The minimum absolute atomic E-state index is 0.176. The van der Waals surface area contributed by atoms with E-state index in [2.05, 4.69) is 19.2 Å². The van der Waals surface area contributed by atoms with Crippen LogP contribution in [0.25, 0.3) is 0 Å². The Morgan fingerprint density at radius 3 is 2.33 bits per heavy atom. The summed E-state index contributed by atoms with van der Waals surface area (Å²) in [6.07, 6.45) is 5.78. The van der Waals surface area contributed by atoms with Crippen LogP contribution >= 0.6 is 0 Å². The Labute approximate surface area is 55.6 Å². The molecular formula is C8H11N. The van der Waals surface area contributed by atoms with Crippen LogP contribution in [0.2, 0.25) is 0 Å². The molecule has 0 fully saturated rings. The molecule has 0 amide bonds. The quantitative estimate of drug-likeness (QED) is 0.431. The van der Waals surface area contributed by atoms with Gasteiger partial charge in [-0.2, -0.15) is 0 Å². The van der Waals surface area contributed by atoms with E-state index >= 15 is 0 Å². The second kappa shape index (κ2) is 2.19. The van der Waals surface area contributed by atoms with Gasteiger partial charge in [-0.3, -0.25) is 0 Å². The van der Waals surface area contributed by atoms with Crippen molar-refractivity contribution in [2.45, 2.75) is 6.04 Å². The summed E-state index contributed by atoms with van der Waals surface area (Å²) < 4.78 is 0. The third kappa shape index (κ3) is 0.958. The Bertz CT molecular complexity index is 167. The second-order valence-corrected chi connectivity index (χ2v) is 2.27. The summed E-state index contributed by atoms with van der Waals surface area (Å²) in [6.45, 7) is 7.41. The lowest BCUT2D eigenvalue weighted by Gasteiger charge is -2.25. The molecule has 0 bridgehead atoms. The van der Waals surface area contributed by atoms with Gasteiger partial charge >= 0.3 is 0 Å². The number of allylic oxidation sites excluding steroid dienone is 1. The molecule has 0 radical (unpaired) electrons. The van der Waals surface area contributed by atoms with E-state index in [1.807, 2.05) is 6.08 Å². The predicted octanol–water partition coefficient (Wildman–Crippen LogP) is 1.24. The van der Waals surface area contributed by atoms with Crippen molar-refractivity contribution >= 4 is 0 Å². The molecule has 0 aliphatic heterocycles. The predicted molar refractivity (Wildman–Crippen MR) is 39.9 cm³/mol. The van der Waals surface area contributed by atoms with Gasteiger partial charge in [-0.15, -0.1) is 0 Å². The molecular weight excluding hydrogens is 110 g/mol. The van der Waals surface area contributed by atoms with Gasteiger partial charge in [-0.05, 0) is 5.57 Å². The summed E-state index contributed by atoms with van der Waals surface area (Å²) in [4.78, 5) is 0. The molecule has 1 heteroatoms. The zero-order valence-electron chi connectivity index (χ0n) is 5.38. The van der Waals surface area contributed by atoms with Gasteiger partial charge in [-0.25, -0.2) is 0 Å². The van der Waals surface area contributed by atoms with Gasteiger partial charge in [0.15, 0.2) is 0 Å². The molecule has 0 aromatic rings. The summed E-state index contributed by atoms with van der Waals surface area (Å²) in [7, 11) is 0. The Hall–Kier alpha value is -0.820. The van der Waals surface area contributed by atoms with E-state index in [1.54, 1.807) is 6.08 Å². The highest BCUT2D eigenvalue weighted by molar-refractivity contribution is 5.30. The molecule has 1 nitrogen and oxygen atoms in total. The van der Waals surface area contributed by atoms with Crippen molar-refractivity contribution in [3.05, 3.63) is 37.0 Å². The van der Waals surface area contributed by atoms with Gasteiger partial charge in [0.2, 0.25) is 0 Å². The lowest BCUT2D eigenvalue weighted by molar-refractivity contribution is 0.612. The zero-order valence-corrected chi connectivity index (χ0v) is 5.38. The van der Waals surface area contributed by atoms with E-state index in [1.165, 1.54) is 0 Å². The Morgan fingerprint density at radius 1 is 1.56 bits per heavy atom. The zero-order chi connectivity index (χ0) is 6.85. The maximum Gasteiger partial charge on any atom is 0.0328 e. The minimum atomic E-state index is 0.176. The van der Waals surface area contributed by atoms with Gasteiger partial charge in [0.25, 0.3) is 0 Å². The first kappa shape index (κ1) is 6.30. The SMILES string of the molecule is C=CC(=C)C1C=CC1N. The van der Waals surface area contributed by atoms with Gasteiger partial charge < -0.3 is 5.73 Å². The topological polar surface area (TPSA) is 26.0 Å². The minimum Gasteiger partial charge on any atom is -0.324 e. The largest absolute Gasteiger partial charge is 0.324 e. The molecule has 0 saturated carbocycles. The van der Waals surface area contributed by atoms with Crippen molar-refractivity contribution in [3.8, 4) is 0 Å². The summed E-state index contributed by atoms with van der Waals surface area (Å²) in [5, 5.41) is 0. The Kier molecular flexibility index (Phi) is 1.54. The van der Waals surface area contributed by atoms with E-state index in [9.17, 15) is 0 Å². The first-order chi connectivity index (χ1) is 4.25. The van der Waals surface area contributed by atoms with Crippen molar-refractivity contribution in [1.29, 1.82) is 0 Å². The molecule has 1 aliphatic carbocycles. The van der Waals surface area contributed by atoms with Gasteiger partial charge in [0, 0.05) is 12.0 Å². The number of rotatable bonds is 2. The fourth-order valence-electron chi connectivity index (χ4n) is 0.857. The first-order valence-corrected chi connectivity index (χ1v) is 3.01. The lowest BCUT2D eigenvalue weighted by Crippen LogP contribution is -2.33. The van der Waals surface area contributed by atoms with Crippen LogP contribution in [0.15, 0.2) is 37.0 Å². The highest BCUT2D eigenvalue weighted by Crippen LogP contribution is 2.23. The van der Waals surface area contributed by atoms with Crippen LogP contribution in [0.3, 0.4) is 0 Å². The van der Waals surface area contributed by atoms with Crippen LogP contribution < -0.4 is 5.73 Å². The first-order valence-electron chi connectivity index (χ1n) is 3.01. The molecule has 2 N–H and O–H groups in total. The molecule has 9 heavy (non-hydrogen) atoms. The highest BCUT2D eigenvalue weighted by atomic mass is 14.7. The molecule has 0 heterocycles. The fraction of sp³-hybridized carbons (Fsp3) is 0.250. The van der Waals surface area contributed by atoms with Crippen LogP contribution in [-0.2, 0) is 0 Å². The number of hydrogen-bond donors (Lipinski definition) is 1. The summed E-state index contributed by atoms with van der Waals surface area (Å²) in [6, 6.07) is 0.176. The highest BCUT2D eigenvalue weighted by Gasteiger charge is 2.20. The van der Waals surface area contributed by atoms with E-state index in [0.29, 0.717) is 5.92 Å². The molecule has 48 valence electrons. The molecule has 2 unspecified atom stereocenters. The van der Waals surface area contributed by atoms with Crippen molar-refractivity contribution < 1.29 is 0 Å². The monoisotopic (exact) mass is 121 g/mol. The van der Waals surface area contributed by atoms with E-state index < -0.39 is 0 Å². The van der Waals surface area contributed by atoms with Gasteiger partial charge in [0.05, 0.1) is 0 Å². The molecule has 0 spiro atoms. The number of nitrogens with two attached hydrogens (primary N) is 1. The van der Waals surface area contributed by atoms with Crippen LogP contribution in [-0.4, -0.2) is 6.04 Å². The summed E-state index contributed by atoms with van der Waals surface area (Å²) >= 11 is 0. The van der Waals surface area contributed by atoms with E-state index in [-0.39, 0.29) is 6.04 Å². The molecule has 0 aromatic heterocycles. The second-order valence-electron chi connectivity index (χ2n) is 2.27.